The number of aryl methyl sites for hydroxylation is 1. The molecule has 0 amide bonds. The molecule has 1 aliphatic rings. The van der Waals surface area contributed by atoms with Crippen LogP contribution in [-0.4, -0.2) is 22.5 Å². The van der Waals surface area contributed by atoms with E-state index >= 15 is 0 Å². The molecule has 0 saturated heterocycles. The molecule has 1 saturated carbocycles. The molecule has 78 valence electrons. The molecule has 0 radical (unpaired) electrons. The monoisotopic (exact) mass is 228 g/mol. The third-order valence-electron chi connectivity index (χ3n) is 2.72. The van der Waals surface area contributed by atoms with Crippen LogP contribution in [0.2, 0.25) is 0 Å². The predicted octanol–water partition coefficient (Wildman–Crippen LogP) is 3.01. The highest BCUT2D eigenvalue weighted by Crippen LogP contribution is 2.47. The maximum Gasteiger partial charge on any atom is 0.182 e. The van der Waals surface area contributed by atoms with Crippen LogP contribution in [0.4, 0.5) is 5.13 Å². The van der Waals surface area contributed by atoms with Crippen molar-refractivity contribution in [3.05, 3.63) is 11.1 Å². The topological polar surface area (TPSA) is 24.9 Å². The summed E-state index contributed by atoms with van der Waals surface area (Å²) in [6, 6.07) is 0. The van der Waals surface area contributed by atoms with Gasteiger partial charge in [-0.15, -0.1) is 11.3 Å². The van der Waals surface area contributed by atoms with E-state index in [4.69, 9.17) is 0 Å². The Hall–Kier alpha value is -0.220. The first-order chi connectivity index (χ1) is 6.78. The van der Waals surface area contributed by atoms with E-state index in [0.717, 1.165) is 18.1 Å². The Morgan fingerprint density at radius 1 is 1.64 bits per heavy atom. The first-order valence-electron chi connectivity index (χ1n) is 5.01. The molecule has 1 aromatic heterocycles. The lowest BCUT2D eigenvalue weighted by atomic mass is 10.4. The molecule has 0 unspecified atom stereocenters. The fraction of sp³-hybridized carbons (Fsp3) is 0.700. The average Bonchev–Trinajstić information content (AvgIpc) is 2.86. The van der Waals surface area contributed by atoms with Gasteiger partial charge < -0.3 is 5.32 Å². The van der Waals surface area contributed by atoms with Gasteiger partial charge in [0.2, 0.25) is 0 Å². The molecule has 1 heterocycles. The largest absolute Gasteiger partial charge is 0.360 e. The number of thiazole rings is 1. The zero-order chi connectivity index (χ0) is 10.0. The number of hydrogen-bond acceptors (Lipinski definition) is 4. The Kier molecular flexibility index (Phi) is 3.02. The second-order valence-corrected chi connectivity index (χ2v) is 5.87. The lowest BCUT2D eigenvalue weighted by molar-refractivity contribution is 0.941. The summed E-state index contributed by atoms with van der Waals surface area (Å²) in [6.07, 6.45) is 5.94. The Bertz CT molecular complexity index is 305. The molecule has 2 nitrogen and oxygen atoms in total. The summed E-state index contributed by atoms with van der Waals surface area (Å²) in [6.45, 7) is 3.22. The molecule has 1 aromatic rings. The Morgan fingerprint density at radius 3 is 2.93 bits per heavy atom. The lowest BCUT2D eigenvalue weighted by Gasteiger charge is -2.11. The Balaban J connectivity index is 1.85. The third-order valence-corrected chi connectivity index (χ3v) is 4.98. The van der Waals surface area contributed by atoms with Crippen LogP contribution in [0.3, 0.4) is 0 Å². The summed E-state index contributed by atoms with van der Waals surface area (Å²) in [5.41, 5.74) is 1.20. The number of nitrogens with zero attached hydrogens (tertiary/aromatic N) is 1. The van der Waals surface area contributed by atoms with E-state index in [0.29, 0.717) is 4.75 Å². The quantitative estimate of drug-likeness (QED) is 0.838. The molecule has 0 atom stereocenters. The molecule has 14 heavy (non-hydrogen) atoms. The van der Waals surface area contributed by atoms with Crippen molar-refractivity contribution < 1.29 is 0 Å². The smallest absolute Gasteiger partial charge is 0.182 e. The second kappa shape index (κ2) is 4.11. The number of thioether (sulfide) groups is 1. The van der Waals surface area contributed by atoms with Gasteiger partial charge in [-0.2, -0.15) is 11.8 Å². The molecule has 4 heteroatoms. The molecular weight excluding hydrogens is 212 g/mol. The van der Waals surface area contributed by atoms with Crippen molar-refractivity contribution in [2.24, 2.45) is 0 Å². The highest BCUT2D eigenvalue weighted by atomic mass is 32.2. The predicted molar refractivity (Wildman–Crippen MR) is 65.5 cm³/mol. The van der Waals surface area contributed by atoms with Crippen molar-refractivity contribution in [2.45, 2.75) is 30.9 Å². The minimum atomic E-state index is 0.526. The Morgan fingerprint density at radius 2 is 2.43 bits per heavy atom. The number of rotatable bonds is 5. The van der Waals surface area contributed by atoms with Gasteiger partial charge in [-0.3, -0.25) is 0 Å². The molecule has 0 bridgehead atoms. The molecule has 0 aliphatic heterocycles. The first kappa shape index (κ1) is 10.3. The van der Waals surface area contributed by atoms with Crippen molar-refractivity contribution in [2.75, 3.05) is 18.1 Å². The molecule has 1 N–H and O–H groups in total. The maximum atomic E-state index is 4.49. The van der Waals surface area contributed by atoms with E-state index in [9.17, 15) is 0 Å². The minimum Gasteiger partial charge on any atom is -0.360 e. The van der Waals surface area contributed by atoms with Crippen LogP contribution in [-0.2, 0) is 6.42 Å². The van der Waals surface area contributed by atoms with Gasteiger partial charge >= 0.3 is 0 Å². The van der Waals surface area contributed by atoms with E-state index < -0.39 is 0 Å². The summed E-state index contributed by atoms with van der Waals surface area (Å²) >= 11 is 3.71. The van der Waals surface area contributed by atoms with Crippen molar-refractivity contribution >= 4 is 28.2 Å². The summed E-state index contributed by atoms with van der Waals surface area (Å²) < 4.78 is 0.526. The van der Waals surface area contributed by atoms with Gasteiger partial charge in [0.15, 0.2) is 5.13 Å². The summed E-state index contributed by atoms with van der Waals surface area (Å²) in [4.78, 5) is 4.49. The number of aromatic nitrogens is 1. The number of nitrogens with one attached hydrogen (secondary N) is 1. The van der Waals surface area contributed by atoms with Crippen LogP contribution < -0.4 is 5.32 Å². The van der Waals surface area contributed by atoms with E-state index in [1.165, 1.54) is 18.5 Å². The fourth-order valence-corrected chi connectivity index (χ4v) is 2.90. The Labute approximate surface area is 93.5 Å². The lowest BCUT2D eigenvalue weighted by Crippen LogP contribution is -2.17. The van der Waals surface area contributed by atoms with Gasteiger partial charge in [-0.05, 0) is 25.5 Å². The van der Waals surface area contributed by atoms with Crippen molar-refractivity contribution in [1.82, 2.24) is 4.98 Å². The van der Waals surface area contributed by atoms with Crippen LogP contribution in [0.15, 0.2) is 5.38 Å². The van der Waals surface area contributed by atoms with Crippen molar-refractivity contribution in [1.29, 1.82) is 0 Å². The standard InChI is InChI=1S/C10H16N2S2/c1-3-8-6-14-9(12-8)11-7-10(13-2)4-5-10/h6H,3-5,7H2,1-2H3,(H,11,12). The van der Waals surface area contributed by atoms with Gasteiger partial charge in [0.05, 0.1) is 5.69 Å². The van der Waals surface area contributed by atoms with E-state index in [2.05, 4.69) is 28.9 Å². The molecule has 1 fully saturated rings. The summed E-state index contributed by atoms with van der Waals surface area (Å²) in [7, 11) is 0. The zero-order valence-corrected chi connectivity index (χ0v) is 10.3. The van der Waals surface area contributed by atoms with Gasteiger partial charge in [0, 0.05) is 16.7 Å². The molecule has 0 spiro atoms. The highest BCUT2D eigenvalue weighted by molar-refractivity contribution is 8.00. The number of hydrogen-bond donors (Lipinski definition) is 1. The van der Waals surface area contributed by atoms with Gasteiger partial charge in [-0.25, -0.2) is 4.98 Å². The first-order valence-corrected chi connectivity index (χ1v) is 7.12. The van der Waals surface area contributed by atoms with E-state index in [1.807, 2.05) is 11.8 Å². The van der Waals surface area contributed by atoms with E-state index in [1.54, 1.807) is 11.3 Å². The molecule has 2 rings (SSSR count). The molecular formula is C10H16N2S2. The maximum absolute atomic E-state index is 4.49. The van der Waals surface area contributed by atoms with Crippen LogP contribution in [0.5, 0.6) is 0 Å². The van der Waals surface area contributed by atoms with E-state index in [-0.39, 0.29) is 0 Å². The van der Waals surface area contributed by atoms with Crippen LogP contribution in [0, 0.1) is 0 Å². The minimum absolute atomic E-state index is 0.526. The van der Waals surface area contributed by atoms with Crippen LogP contribution in [0.1, 0.15) is 25.5 Å². The number of anilines is 1. The molecule has 1 aliphatic carbocycles. The zero-order valence-electron chi connectivity index (χ0n) is 8.67. The fourth-order valence-electron chi connectivity index (χ4n) is 1.38. The molecule has 0 aromatic carbocycles. The average molecular weight is 228 g/mol. The van der Waals surface area contributed by atoms with Crippen LogP contribution in [0.25, 0.3) is 0 Å². The van der Waals surface area contributed by atoms with Crippen molar-refractivity contribution in [3.63, 3.8) is 0 Å². The van der Waals surface area contributed by atoms with Gasteiger partial charge in [0.25, 0.3) is 0 Å². The van der Waals surface area contributed by atoms with Gasteiger partial charge in [-0.1, -0.05) is 6.92 Å². The summed E-state index contributed by atoms with van der Waals surface area (Å²) in [5.74, 6) is 0. The summed E-state index contributed by atoms with van der Waals surface area (Å²) in [5, 5.41) is 6.66. The van der Waals surface area contributed by atoms with Crippen LogP contribution >= 0.6 is 23.1 Å². The highest BCUT2D eigenvalue weighted by Gasteiger charge is 2.41. The third kappa shape index (κ3) is 2.23. The second-order valence-electron chi connectivity index (χ2n) is 3.74. The normalized spacial score (nSPS) is 18.1. The SMILES string of the molecule is CCc1csc(NCC2(SC)CC2)n1. The van der Waals surface area contributed by atoms with Gasteiger partial charge in [0.1, 0.15) is 0 Å². The van der Waals surface area contributed by atoms with Crippen molar-refractivity contribution in [3.8, 4) is 0 Å².